The van der Waals surface area contributed by atoms with Crippen LogP contribution in [0, 0.1) is 0 Å². The second-order valence-corrected chi connectivity index (χ2v) is 11.1. The maximum atomic E-state index is 13.3. The van der Waals surface area contributed by atoms with Gasteiger partial charge in [0.2, 0.25) is 11.8 Å². The molecule has 156 valence electrons. The van der Waals surface area contributed by atoms with Crippen LogP contribution in [0.4, 0.5) is 5.69 Å². The maximum absolute atomic E-state index is 13.3. The molecule has 1 heterocycles. The predicted molar refractivity (Wildman–Crippen MR) is 133 cm³/mol. The molecule has 1 aliphatic heterocycles. The molecule has 4 aromatic carbocycles. The second kappa shape index (κ2) is 8.45. The standard InChI is InChI=1S/C28H22NO2P/c30-27-21-26(28(31)29(27)22-13-5-1-6-14-22)32(23-15-7-2-8-16-23,24-17-9-3-10-18-24)25-19-11-4-12-20-25/h1-20H,21H2/p+1. The molecule has 1 N–H and O–H groups in total. The molecule has 0 aromatic heterocycles. The van der Waals surface area contributed by atoms with E-state index in [-0.39, 0.29) is 18.2 Å². The van der Waals surface area contributed by atoms with Crippen LogP contribution in [0.2, 0.25) is 0 Å². The number of para-hydroxylation sites is 1. The number of anilines is 1. The summed E-state index contributed by atoms with van der Waals surface area (Å²) in [5.74, 6) is -0.0676. The molecule has 32 heavy (non-hydrogen) atoms. The summed E-state index contributed by atoms with van der Waals surface area (Å²) in [4.78, 5) is 14.7. The number of amides is 1. The molecule has 0 spiro atoms. The van der Waals surface area contributed by atoms with E-state index in [1.54, 1.807) is 0 Å². The van der Waals surface area contributed by atoms with Gasteiger partial charge < -0.3 is 5.11 Å². The van der Waals surface area contributed by atoms with Crippen molar-refractivity contribution in [1.82, 2.24) is 0 Å². The molecule has 1 amide bonds. The van der Waals surface area contributed by atoms with Crippen LogP contribution in [0.5, 0.6) is 0 Å². The summed E-state index contributed by atoms with van der Waals surface area (Å²) in [5, 5.41) is 15.7. The zero-order chi connectivity index (χ0) is 22.0. The molecule has 1 aliphatic rings. The van der Waals surface area contributed by atoms with Crippen molar-refractivity contribution in [3.05, 3.63) is 133 Å². The monoisotopic (exact) mass is 436 g/mol. The Morgan fingerprint density at radius 3 is 1.38 bits per heavy atom. The van der Waals surface area contributed by atoms with Crippen molar-refractivity contribution in [2.24, 2.45) is 0 Å². The average molecular weight is 436 g/mol. The molecule has 3 nitrogen and oxygen atoms in total. The van der Waals surface area contributed by atoms with Gasteiger partial charge in [0.15, 0.2) is 5.31 Å². The van der Waals surface area contributed by atoms with Gasteiger partial charge in [-0.3, -0.25) is 4.79 Å². The van der Waals surface area contributed by atoms with Crippen LogP contribution in [0.15, 0.2) is 133 Å². The number of carbonyl (C=O) groups is 1. The predicted octanol–water partition coefficient (Wildman–Crippen LogP) is 5.14. The van der Waals surface area contributed by atoms with Gasteiger partial charge in [0, 0.05) is 0 Å². The molecule has 0 aliphatic carbocycles. The molecule has 0 saturated carbocycles. The van der Waals surface area contributed by atoms with Crippen LogP contribution in [0.25, 0.3) is 0 Å². The lowest BCUT2D eigenvalue weighted by molar-refractivity contribution is -0.117. The van der Waals surface area contributed by atoms with Crippen LogP contribution >= 0.6 is 7.26 Å². The third-order valence-corrected chi connectivity index (χ3v) is 10.3. The Bertz CT molecular complexity index is 1160. The second-order valence-electron chi connectivity index (χ2n) is 7.69. The Morgan fingerprint density at radius 2 is 0.969 bits per heavy atom. The quantitative estimate of drug-likeness (QED) is 0.440. The fourth-order valence-corrected chi connectivity index (χ4v) is 8.99. The van der Waals surface area contributed by atoms with Crippen LogP contribution in [0.1, 0.15) is 6.42 Å². The molecular formula is C28H23NO2P+. The molecule has 0 radical (unpaired) electrons. The molecule has 4 aromatic rings. The van der Waals surface area contributed by atoms with Gasteiger partial charge in [-0.2, -0.15) is 0 Å². The van der Waals surface area contributed by atoms with E-state index in [9.17, 15) is 9.90 Å². The number of aliphatic hydroxyl groups excluding tert-OH is 1. The van der Waals surface area contributed by atoms with Crippen LogP contribution in [-0.4, -0.2) is 11.0 Å². The zero-order valence-corrected chi connectivity index (χ0v) is 18.4. The van der Waals surface area contributed by atoms with E-state index in [1.165, 1.54) is 4.90 Å². The maximum Gasteiger partial charge on any atom is 0.242 e. The molecule has 5 rings (SSSR count). The van der Waals surface area contributed by atoms with E-state index < -0.39 is 7.26 Å². The molecule has 4 heteroatoms. The summed E-state index contributed by atoms with van der Waals surface area (Å²) >= 11 is 0. The van der Waals surface area contributed by atoms with Crippen LogP contribution < -0.4 is 20.8 Å². The molecule has 0 fully saturated rings. The number of nitrogens with zero attached hydrogens (tertiary/aromatic N) is 1. The van der Waals surface area contributed by atoms with Crippen molar-refractivity contribution in [3.63, 3.8) is 0 Å². The minimum absolute atomic E-state index is 0.0473. The first-order chi connectivity index (χ1) is 15.7. The highest BCUT2D eigenvalue weighted by molar-refractivity contribution is 7.99. The van der Waals surface area contributed by atoms with Gasteiger partial charge in [0.05, 0.1) is 12.1 Å². The number of aliphatic hydroxyl groups is 1. The number of rotatable bonds is 5. The third kappa shape index (κ3) is 3.23. The van der Waals surface area contributed by atoms with Gasteiger partial charge in [0.1, 0.15) is 23.2 Å². The van der Waals surface area contributed by atoms with Crippen molar-refractivity contribution < 1.29 is 9.90 Å². The molecular weight excluding hydrogens is 413 g/mol. The Labute approximate surface area is 188 Å². The van der Waals surface area contributed by atoms with E-state index in [0.29, 0.717) is 5.69 Å². The fraction of sp³-hybridized carbons (Fsp3) is 0.0357. The van der Waals surface area contributed by atoms with Gasteiger partial charge >= 0.3 is 0 Å². The number of hydrogen-bond acceptors (Lipinski definition) is 2. The number of benzene rings is 4. The Morgan fingerprint density at radius 1 is 0.594 bits per heavy atom. The highest BCUT2D eigenvalue weighted by atomic mass is 31.2. The van der Waals surface area contributed by atoms with E-state index in [4.69, 9.17) is 0 Å². The average Bonchev–Trinajstić information content (AvgIpc) is 3.16. The van der Waals surface area contributed by atoms with Gasteiger partial charge in [-0.05, 0) is 48.5 Å². The van der Waals surface area contributed by atoms with E-state index in [2.05, 4.69) is 36.4 Å². The van der Waals surface area contributed by atoms with Crippen molar-refractivity contribution in [2.75, 3.05) is 4.90 Å². The highest BCUT2D eigenvalue weighted by Crippen LogP contribution is 2.65. The first-order valence-electron chi connectivity index (χ1n) is 10.6. The fourth-order valence-electron chi connectivity index (χ4n) is 4.53. The SMILES string of the molecule is O=C1CC([P+](c2ccccc2)(c2ccccc2)c2ccccc2)=C(O)N1c1ccccc1. The minimum Gasteiger partial charge on any atom is -0.492 e. The topological polar surface area (TPSA) is 40.5 Å². The lowest BCUT2D eigenvalue weighted by Gasteiger charge is -2.28. The van der Waals surface area contributed by atoms with Crippen molar-refractivity contribution in [3.8, 4) is 0 Å². The summed E-state index contributed by atoms with van der Waals surface area (Å²) < 4.78 is 0. The first kappa shape index (κ1) is 20.2. The summed E-state index contributed by atoms with van der Waals surface area (Å²) in [7, 11) is -2.49. The highest BCUT2D eigenvalue weighted by Gasteiger charge is 2.55. The first-order valence-corrected chi connectivity index (χ1v) is 12.4. The summed E-state index contributed by atoms with van der Waals surface area (Å²) in [6.07, 6.45) is 0.174. The smallest absolute Gasteiger partial charge is 0.242 e. The van der Waals surface area contributed by atoms with Crippen molar-refractivity contribution >= 4 is 34.8 Å². The molecule has 0 atom stereocenters. The Kier molecular flexibility index (Phi) is 5.34. The van der Waals surface area contributed by atoms with Gasteiger partial charge in [0.25, 0.3) is 0 Å². The lowest BCUT2D eigenvalue weighted by atomic mass is 10.3. The van der Waals surface area contributed by atoms with E-state index in [0.717, 1.165) is 21.2 Å². The number of hydrogen-bond donors (Lipinski definition) is 1. The normalized spacial score (nSPS) is 14.1. The van der Waals surface area contributed by atoms with E-state index in [1.807, 2.05) is 84.9 Å². The van der Waals surface area contributed by atoms with Gasteiger partial charge in [-0.15, -0.1) is 0 Å². The molecule has 0 saturated heterocycles. The minimum atomic E-state index is -2.49. The van der Waals surface area contributed by atoms with Gasteiger partial charge in [-0.1, -0.05) is 72.8 Å². The lowest BCUT2D eigenvalue weighted by Crippen LogP contribution is -2.32. The largest absolute Gasteiger partial charge is 0.492 e. The van der Waals surface area contributed by atoms with E-state index >= 15 is 0 Å². The van der Waals surface area contributed by atoms with Crippen molar-refractivity contribution in [2.45, 2.75) is 6.42 Å². The molecule has 0 unspecified atom stereocenters. The summed E-state index contributed by atoms with van der Waals surface area (Å²) in [6, 6.07) is 40.2. The number of carbonyl (C=O) groups excluding carboxylic acids is 1. The summed E-state index contributed by atoms with van der Waals surface area (Å²) in [6.45, 7) is 0. The van der Waals surface area contributed by atoms with Crippen LogP contribution in [0.3, 0.4) is 0 Å². The summed E-state index contributed by atoms with van der Waals surface area (Å²) in [5.41, 5.74) is 0.678. The third-order valence-electron chi connectivity index (χ3n) is 5.89. The zero-order valence-electron chi connectivity index (χ0n) is 17.5. The van der Waals surface area contributed by atoms with Crippen LogP contribution in [-0.2, 0) is 4.79 Å². The molecule has 0 bridgehead atoms. The van der Waals surface area contributed by atoms with Crippen molar-refractivity contribution in [1.29, 1.82) is 0 Å². The van der Waals surface area contributed by atoms with Gasteiger partial charge in [-0.25, -0.2) is 4.90 Å². The Hall–Kier alpha value is -3.68. The Balaban J connectivity index is 1.85.